The van der Waals surface area contributed by atoms with Crippen LogP contribution < -0.4 is 4.74 Å². The van der Waals surface area contributed by atoms with Crippen LogP contribution in [0.15, 0.2) is 24.3 Å². The maximum absolute atomic E-state index is 13.2. The van der Waals surface area contributed by atoms with Crippen LogP contribution in [0, 0.1) is 0 Å². The number of morpholine rings is 1. The third kappa shape index (κ3) is 3.43. The summed E-state index contributed by atoms with van der Waals surface area (Å²) in [6, 6.07) is 7.33. The van der Waals surface area contributed by atoms with Crippen molar-refractivity contribution in [3.05, 3.63) is 29.8 Å². The summed E-state index contributed by atoms with van der Waals surface area (Å²) in [4.78, 5) is 29.9. The smallest absolute Gasteiger partial charge is 0.257 e. The summed E-state index contributed by atoms with van der Waals surface area (Å²) in [6.45, 7) is 5.95. The number of para-hydroxylation sites is 1. The normalized spacial score (nSPS) is 24.1. The molecule has 2 fully saturated rings. The lowest BCUT2D eigenvalue weighted by atomic mass is 9.93. The van der Waals surface area contributed by atoms with E-state index in [1.165, 1.54) is 0 Å². The van der Waals surface area contributed by atoms with E-state index in [9.17, 15) is 9.59 Å². The molecule has 2 heterocycles. The summed E-state index contributed by atoms with van der Waals surface area (Å²) in [6.07, 6.45) is 2.55. The van der Waals surface area contributed by atoms with E-state index in [1.807, 2.05) is 30.9 Å². The maximum Gasteiger partial charge on any atom is 0.257 e. The average Bonchev–Trinajstić information content (AvgIpc) is 2.81. The Bertz CT molecular complexity index is 676. The largest absolute Gasteiger partial charge is 0.496 e. The summed E-state index contributed by atoms with van der Waals surface area (Å²) in [5.74, 6) is 0.454. The van der Waals surface area contributed by atoms with Crippen molar-refractivity contribution in [3.8, 4) is 5.75 Å². The summed E-state index contributed by atoms with van der Waals surface area (Å²) in [5.41, 5.74) is -0.398. The van der Waals surface area contributed by atoms with E-state index in [0.717, 1.165) is 19.4 Å². The molecule has 2 amide bonds. The zero-order valence-electron chi connectivity index (χ0n) is 15.9. The van der Waals surface area contributed by atoms with E-state index in [4.69, 9.17) is 9.47 Å². The number of ether oxygens (including phenoxy) is 2. The molecule has 0 aliphatic carbocycles. The number of hydrogen-bond donors (Lipinski definition) is 0. The number of amides is 2. The molecule has 6 nitrogen and oxygen atoms in total. The van der Waals surface area contributed by atoms with E-state index in [-0.39, 0.29) is 17.9 Å². The minimum Gasteiger partial charge on any atom is -0.496 e. The van der Waals surface area contributed by atoms with Crippen molar-refractivity contribution in [3.63, 3.8) is 0 Å². The predicted octanol–water partition coefficient (Wildman–Crippen LogP) is 2.33. The van der Waals surface area contributed by atoms with Crippen LogP contribution in [0.4, 0.5) is 0 Å². The molecule has 0 aromatic heterocycles. The van der Waals surface area contributed by atoms with Crippen molar-refractivity contribution < 1.29 is 19.1 Å². The molecular formula is C20H28N2O4. The highest BCUT2D eigenvalue weighted by atomic mass is 16.5. The Labute approximate surface area is 155 Å². The lowest BCUT2D eigenvalue weighted by Crippen LogP contribution is -2.61. The Balaban J connectivity index is 1.86. The Kier molecular flexibility index (Phi) is 5.51. The molecule has 1 unspecified atom stereocenters. The van der Waals surface area contributed by atoms with Crippen molar-refractivity contribution in [2.24, 2.45) is 0 Å². The Morgan fingerprint density at radius 3 is 2.73 bits per heavy atom. The number of benzene rings is 1. The summed E-state index contributed by atoms with van der Waals surface area (Å²) in [5, 5.41) is 0. The molecule has 2 saturated heterocycles. The van der Waals surface area contributed by atoms with Crippen LogP contribution in [0.5, 0.6) is 5.75 Å². The molecule has 1 aromatic carbocycles. The van der Waals surface area contributed by atoms with Gasteiger partial charge in [-0.15, -0.1) is 0 Å². The van der Waals surface area contributed by atoms with E-state index >= 15 is 0 Å². The molecule has 1 atom stereocenters. The number of hydrogen-bond acceptors (Lipinski definition) is 4. The first-order valence-corrected chi connectivity index (χ1v) is 9.36. The predicted molar refractivity (Wildman–Crippen MR) is 98.3 cm³/mol. The van der Waals surface area contributed by atoms with Gasteiger partial charge in [0, 0.05) is 19.1 Å². The van der Waals surface area contributed by atoms with Crippen LogP contribution in [-0.2, 0) is 9.53 Å². The molecule has 1 spiro atoms. The van der Waals surface area contributed by atoms with Crippen LogP contribution in [0.2, 0.25) is 0 Å². The molecule has 2 aliphatic rings. The second kappa shape index (κ2) is 7.66. The van der Waals surface area contributed by atoms with Gasteiger partial charge in [-0.05, 0) is 45.2 Å². The van der Waals surface area contributed by atoms with Gasteiger partial charge in [0.15, 0.2) is 5.60 Å². The van der Waals surface area contributed by atoms with Crippen molar-refractivity contribution >= 4 is 11.8 Å². The Hall–Kier alpha value is -2.08. The van der Waals surface area contributed by atoms with Crippen molar-refractivity contribution in [1.29, 1.82) is 0 Å². The average molecular weight is 360 g/mol. The standard InChI is InChI=1S/C20H28N2O4/c1-15(2)22-11-7-6-10-20(19(22)24)14-21(12-13-26-20)18(23)16-8-4-5-9-17(16)25-3/h4-5,8-9,15H,6-7,10-14H2,1-3H3. The van der Waals surface area contributed by atoms with Crippen LogP contribution in [0.1, 0.15) is 43.5 Å². The van der Waals surface area contributed by atoms with E-state index in [2.05, 4.69) is 0 Å². The highest BCUT2D eigenvalue weighted by Crippen LogP contribution is 2.32. The molecule has 0 N–H and O–H groups in total. The van der Waals surface area contributed by atoms with Gasteiger partial charge < -0.3 is 19.3 Å². The van der Waals surface area contributed by atoms with Gasteiger partial charge in [-0.3, -0.25) is 9.59 Å². The quantitative estimate of drug-likeness (QED) is 0.830. The number of carbonyl (C=O) groups is 2. The first-order valence-electron chi connectivity index (χ1n) is 9.36. The topological polar surface area (TPSA) is 59.1 Å². The number of likely N-dealkylation sites (tertiary alicyclic amines) is 1. The van der Waals surface area contributed by atoms with Gasteiger partial charge in [0.1, 0.15) is 5.75 Å². The molecule has 142 valence electrons. The van der Waals surface area contributed by atoms with Gasteiger partial charge >= 0.3 is 0 Å². The second-order valence-electron chi connectivity index (χ2n) is 7.32. The highest BCUT2D eigenvalue weighted by Gasteiger charge is 2.48. The van der Waals surface area contributed by atoms with E-state index in [0.29, 0.717) is 37.4 Å². The molecule has 2 aliphatic heterocycles. The number of nitrogens with zero attached hydrogens (tertiary/aromatic N) is 2. The van der Waals surface area contributed by atoms with Crippen LogP contribution in [-0.4, -0.2) is 66.6 Å². The van der Waals surface area contributed by atoms with Crippen LogP contribution in [0.25, 0.3) is 0 Å². The third-order valence-corrected chi connectivity index (χ3v) is 5.31. The van der Waals surface area contributed by atoms with Gasteiger partial charge in [0.2, 0.25) is 0 Å². The van der Waals surface area contributed by atoms with Crippen LogP contribution >= 0.6 is 0 Å². The molecule has 0 radical (unpaired) electrons. The SMILES string of the molecule is COc1ccccc1C(=O)N1CCOC2(CCCCN(C(C)C)C2=O)C1. The molecule has 0 saturated carbocycles. The fourth-order valence-electron chi connectivity index (χ4n) is 3.89. The van der Waals surface area contributed by atoms with E-state index < -0.39 is 5.60 Å². The second-order valence-corrected chi connectivity index (χ2v) is 7.32. The Morgan fingerprint density at radius 1 is 1.23 bits per heavy atom. The number of rotatable bonds is 3. The van der Waals surface area contributed by atoms with Crippen LogP contribution in [0.3, 0.4) is 0 Å². The summed E-state index contributed by atoms with van der Waals surface area (Å²) >= 11 is 0. The molecule has 0 bridgehead atoms. The van der Waals surface area contributed by atoms with Gasteiger partial charge in [-0.1, -0.05) is 12.1 Å². The van der Waals surface area contributed by atoms with Crippen molar-refractivity contribution in [2.75, 3.05) is 33.4 Å². The third-order valence-electron chi connectivity index (χ3n) is 5.31. The van der Waals surface area contributed by atoms with Gasteiger partial charge in [0.05, 0.1) is 25.8 Å². The number of methoxy groups -OCH3 is 1. The summed E-state index contributed by atoms with van der Waals surface area (Å²) in [7, 11) is 1.56. The minimum atomic E-state index is -0.920. The maximum atomic E-state index is 13.2. The zero-order valence-corrected chi connectivity index (χ0v) is 15.9. The lowest BCUT2D eigenvalue weighted by Gasteiger charge is -2.43. The van der Waals surface area contributed by atoms with Gasteiger partial charge in [0.25, 0.3) is 11.8 Å². The van der Waals surface area contributed by atoms with Crippen molar-refractivity contribution in [1.82, 2.24) is 9.80 Å². The summed E-state index contributed by atoms with van der Waals surface area (Å²) < 4.78 is 11.4. The van der Waals surface area contributed by atoms with Gasteiger partial charge in [-0.2, -0.15) is 0 Å². The lowest BCUT2D eigenvalue weighted by molar-refractivity contribution is -0.169. The fraction of sp³-hybridized carbons (Fsp3) is 0.600. The van der Waals surface area contributed by atoms with E-state index in [1.54, 1.807) is 24.1 Å². The van der Waals surface area contributed by atoms with Crippen molar-refractivity contribution in [2.45, 2.75) is 44.8 Å². The number of carbonyl (C=O) groups excluding carboxylic acids is 2. The zero-order chi connectivity index (χ0) is 18.7. The monoisotopic (exact) mass is 360 g/mol. The molecule has 6 heteroatoms. The molecule has 26 heavy (non-hydrogen) atoms. The molecule has 3 rings (SSSR count). The van der Waals surface area contributed by atoms with Gasteiger partial charge in [-0.25, -0.2) is 0 Å². The molecule has 1 aromatic rings. The Morgan fingerprint density at radius 2 is 2.00 bits per heavy atom. The first kappa shape index (κ1) is 18.7. The minimum absolute atomic E-state index is 0.0162. The molecular weight excluding hydrogens is 332 g/mol. The first-order chi connectivity index (χ1) is 12.5. The highest BCUT2D eigenvalue weighted by molar-refractivity contribution is 5.97. The fourth-order valence-corrected chi connectivity index (χ4v) is 3.89.